The number of carbonyl (C=O) groups excluding carboxylic acids is 2. The maximum Gasteiger partial charge on any atom is 0.322 e. The first-order chi connectivity index (χ1) is 13.3. The van der Waals surface area contributed by atoms with Gasteiger partial charge in [-0.05, 0) is 36.8 Å². The monoisotopic (exact) mass is 404 g/mol. The minimum atomic E-state index is -0.674. The van der Waals surface area contributed by atoms with E-state index in [1.165, 1.54) is 23.1 Å². The van der Waals surface area contributed by atoms with Crippen LogP contribution in [0.5, 0.6) is 0 Å². The van der Waals surface area contributed by atoms with Gasteiger partial charge in [-0.15, -0.1) is 0 Å². The summed E-state index contributed by atoms with van der Waals surface area (Å²) in [6.07, 6.45) is 0. The Labute approximate surface area is 164 Å². The van der Waals surface area contributed by atoms with Crippen molar-refractivity contribution in [3.63, 3.8) is 0 Å². The van der Waals surface area contributed by atoms with E-state index in [1.54, 1.807) is 6.92 Å². The molecule has 3 rings (SSSR count). The molecule has 3 amide bonds. The quantitative estimate of drug-likeness (QED) is 0.814. The Morgan fingerprint density at radius 1 is 1.39 bits per heavy atom. The molecular formula is C19H15ClF2N4O2. The zero-order valence-corrected chi connectivity index (χ0v) is 15.5. The molecule has 1 aliphatic heterocycles. The molecule has 0 spiro atoms. The van der Waals surface area contributed by atoms with E-state index in [1.807, 2.05) is 6.07 Å². The van der Waals surface area contributed by atoms with Gasteiger partial charge < -0.3 is 15.5 Å². The lowest BCUT2D eigenvalue weighted by Crippen LogP contribution is -2.45. The van der Waals surface area contributed by atoms with Gasteiger partial charge in [0.2, 0.25) is 5.91 Å². The fraction of sp³-hybridized carbons (Fsp3) is 0.211. The first-order valence-electron chi connectivity index (χ1n) is 8.31. The van der Waals surface area contributed by atoms with Gasteiger partial charge in [0.15, 0.2) is 0 Å². The Balaban J connectivity index is 1.68. The van der Waals surface area contributed by atoms with Gasteiger partial charge in [-0.25, -0.2) is 13.6 Å². The number of fused-ring (bicyclic) bond motifs is 1. The van der Waals surface area contributed by atoms with Gasteiger partial charge >= 0.3 is 6.03 Å². The molecule has 9 heteroatoms. The van der Waals surface area contributed by atoms with E-state index >= 15 is 0 Å². The first kappa shape index (κ1) is 19.6. The number of rotatable bonds is 4. The smallest absolute Gasteiger partial charge is 0.322 e. The second-order valence-electron chi connectivity index (χ2n) is 6.35. The number of hydrogen-bond donors (Lipinski definition) is 2. The van der Waals surface area contributed by atoms with Crippen molar-refractivity contribution in [2.45, 2.75) is 19.5 Å². The predicted molar refractivity (Wildman–Crippen MR) is 98.5 cm³/mol. The van der Waals surface area contributed by atoms with Gasteiger partial charge in [0.1, 0.15) is 18.2 Å². The van der Waals surface area contributed by atoms with Crippen molar-refractivity contribution in [2.75, 3.05) is 11.9 Å². The number of anilines is 1. The molecule has 0 aromatic heterocycles. The lowest BCUT2D eigenvalue weighted by Gasteiger charge is -2.30. The molecule has 1 atom stereocenters. The van der Waals surface area contributed by atoms with Crippen molar-refractivity contribution < 1.29 is 18.4 Å². The van der Waals surface area contributed by atoms with Crippen LogP contribution in [0.4, 0.5) is 19.3 Å². The molecule has 2 aromatic rings. The standard InChI is InChI=1S/C19H15ClF2N4O2/c1-10(14-3-2-11(7-23)4-16(14)22)24-17(27)9-26-8-12-5-13(21)6-15(20)18(12)25-19(26)28/h2-6,10H,8-9H2,1H3,(H,24,27)(H,25,28)/t10-/m0/s1. The van der Waals surface area contributed by atoms with E-state index in [-0.39, 0.29) is 29.2 Å². The number of nitrogens with one attached hydrogen (secondary N) is 2. The second-order valence-corrected chi connectivity index (χ2v) is 6.75. The second kappa shape index (κ2) is 7.82. The topological polar surface area (TPSA) is 85.2 Å². The number of nitrogens with zero attached hydrogens (tertiary/aromatic N) is 2. The number of hydrogen-bond acceptors (Lipinski definition) is 3. The van der Waals surface area contributed by atoms with Crippen LogP contribution >= 0.6 is 11.6 Å². The molecule has 0 saturated carbocycles. The SMILES string of the molecule is C[C@H](NC(=O)CN1Cc2cc(F)cc(Cl)c2NC1=O)c1ccc(C#N)cc1F. The maximum atomic E-state index is 14.1. The summed E-state index contributed by atoms with van der Waals surface area (Å²) in [6, 6.07) is 6.91. The lowest BCUT2D eigenvalue weighted by atomic mass is 10.1. The van der Waals surface area contributed by atoms with Crippen LogP contribution in [0.1, 0.15) is 29.7 Å². The average molecular weight is 405 g/mol. The van der Waals surface area contributed by atoms with Crippen LogP contribution in [0.25, 0.3) is 0 Å². The summed E-state index contributed by atoms with van der Waals surface area (Å²) < 4.78 is 27.6. The molecule has 28 heavy (non-hydrogen) atoms. The van der Waals surface area contributed by atoms with Crippen LogP contribution in [0.2, 0.25) is 5.02 Å². The van der Waals surface area contributed by atoms with E-state index in [0.29, 0.717) is 11.3 Å². The first-order valence-corrected chi connectivity index (χ1v) is 8.69. The molecule has 0 aliphatic carbocycles. The predicted octanol–water partition coefficient (Wildman–Crippen LogP) is 3.71. The Morgan fingerprint density at radius 2 is 2.14 bits per heavy atom. The molecule has 0 radical (unpaired) electrons. The van der Waals surface area contributed by atoms with Gasteiger partial charge in [-0.1, -0.05) is 17.7 Å². The number of halogens is 3. The molecule has 0 unspecified atom stereocenters. The highest BCUT2D eigenvalue weighted by Gasteiger charge is 2.27. The van der Waals surface area contributed by atoms with Crippen molar-refractivity contribution in [1.82, 2.24) is 10.2 Å². The highest BCUT2D eigenvalue weighted by molar-refractivity contribution is 6.34. The summed E-state index contributed by atoms with van der Waals surface area (Å²) in [5.41, 5.74) is 1.16. The van der Waals surface area contributed by atoms with E-state index in [4.69, 9.17) is 16.9 Å². The van der Waals surface area contributed by atoms with Crippen molar-refractivity contribution in [1.29, 1.82) is 5.26 Å². The zero-order chi connectivity index (χ0) is 20.4. The number of carbonyl (C=O) groups is 2. The van der Waals surface area contributed by atoms with Crippen LogP contribution in [-0.2, 0) is 11.3 Å². The van der Waals surface area contributed by atoms with Crippen molar-refractivity contribution in [2.24, 2.45) is 0 Å². The maximum absolute atomic E-state index is 14.1. The highest BCUT2D eigenvalue weighted by Crippen LogP contribution is 2.31. The largest absolute Gasteiger partial charge is 0.348 e. The van der Waals surface area contributed by atoms with E-state index in [2.05, 4.69) is 10.6 Å². The Morgan fingerprint density at radius 3 is 2.82 bits per heavy atom. The third-order valence-corrected chi connectivity index (χ3v) is 4.62. The van der Waals surface area contributed by atoms with Crippen LogP contribution in [-0.4, -0.2) is 23.4 Å². The van der Waals surface area contributed by atoms with E-state index < -0.39 is 29.6 Å². The van der Waals surface area contributed by atoms with E-state index in [0.717, 1.165) is 12.1 Å². The number of amides is 3. The minimum Gasteiger partial charge on any atom is -0.348 e. The summed E-state index contributed by atoms with van der Waals surface area (Å²) in [5.74, 6) is -1.67. The van der Waals surface area contributed by atoms with Crippen molar-refractivity contribution >= 4 is 29.2 Å². The molecule has 1 heterocycles. The Hall–Kier alpha value is -3.18. The molecule has 0 fully saturated rings. The number of urea groups is 1. The van der Waals surface area contributed by atoms with Crippen LogP contribution in [0.3, 0.4) is 0 Å². The molecule has 144 valence electrons. The van der Waals surface area contributed by atoms with Crippen molar-refractivity contribution in [3.05, 3.63) is 63.7 Å². The Kier molecular flexibility index (Phi) is 5.47. The summed E-state index contributed by atoms with van der Waals surface area (Å²) in [6.45, 7) is 1.29. The van der Waals surface area contributed by atoms with Gasteiger partial charge in [0.25, 0.3) is 0 Å². The Bertz CT molecular complexity index is 1010. The molecule has 0 saturated heterocycles. The summed E-state index contributed by atoms with van der Waals surface area (Å²) in [5, 5.41) is 14.0. The van der Waals surface area contributed by atoms with Crippen LogP contribution in [0, 0.1) is 23.0 Å². The molecule has 1 aliphatic rings. The van der Waals surface area contributed by atoms with Gasteiger partial charge in [0, 0.05) is 5.56 Å². The fourth-order valence-electron chi connectivity index (χ4n) is 2.97. The summed E-state index contributed by atoms with van der Waals surface area (Å²) in [4.78, 5) is 25.7. The minimum absolute atomic E-state index is 0.00563. The van der Waals surface area contributed by atoms with Gasteiger partial charge in [-0.3, -0.25) is 4.79 Å². The molecule has 2 aromatic carbocycles. The molecule has 0 bridgehead atoms. The van der Waals surface area contributed by atoms with E-state index in [9.17, 15) is 18.4 Å². The van der Waals surface area contributed by atoms with Crippen LogP contribution in [0.15, 0.2) is 30.3 Å². The van der Waals surface area contributed by atoms with Crippen LogP contribution < -0.4 is 10.6 Å². The molecule has 6 nitrogen and oxygen atoms in total. The highest BCUT2D eigenvalue weighted by atomic mass is 35.5. The fourth-order valence-corrected chi connectivity index (χ4v) is 3.24. The normalized spacial score (nSPS) is 14.0. The lowest BCUT2D eigenvalue weighted by molar-refractivity contribution is -0.122. The van der Waals surface area contributed by atoms with Gasteiger partial charge in [-0.2, -0.15) is 5.26 Å². The summed E-state index contributed by atoms with van der Waals surface area (Å²) >= 11 is 5.93. The summed E-state index contributed by atoms with van der Waals surface area (Å²) in [7, 11) is 0. The average Bonchev–Trinajstić information content (AvgIpc) is 2.62. The van der Waals surface area contributed by atoms with Gasteiger partial charge in [0.05, 0.1) is 34.9 Å². The zero-order valence-electron chi connectivity index (χ0n) is 14.7. The molecular weight excluding hydrogens is 390 g/mol. The number of benzene rings is 2. The van der Waals surface area contributed by atoms with Crippen molar-refractivity contribution in [3.8, 4) is 6.07 Å². The third-order valence-electron chi connectivity index (χ3n) is 4.33. The third kappa shape index (κ3) is 4.05. The molecule has 2 N–H and O–H groups in total. The number of nitriles is 1.